The summed E-state index contributed by atoms with van der Waals surface area (Å²) in [4.78, 5) is 77.8. The summed E-state index contributed by atoms with van der Waals surface area (Å²) in [6, 6.07) is 6.71. The first-order valence-electron chi connectivity index (χ1n) is 15.1. The fraction of sp³-hybridized carbons (Fsp3) is 0.438. The maximum atomic E-state index is 13.7. The van der Waals surface area contributed by atoms with Crippen molar-refractivity contribution in [2.24, 2.45) is 11.7 Å². The molecule has 45 heavy (non-hydrogen) atoms. The van der Waals surface area contributed by atoms with Crippen molar-refractivity contribution in [1.29, 1.82) is 0 Å². The Morgan fingerprint density at radius 1 is 0.800 bits per heavy atom. The van der Waals surface area contributed by atoms with Crippen LogP contribution in [0.1, 0.15) is 49.0 Å². The lowest BCUT2D eigenvalue weighted by atomic mass is 10.0. The van der Waals surface area contributed by atoms with E-state index in [0.29, 0.717) is 12.2 Å². The number of aryl methyl sites for hydroxylation is 1. The molecule has 0 radical (unpaired) electrons. The van der Waals surface area contributed by atoms with Crippen molar-refractivity contribution in [3.05, 3.63) is 71.7 Å². The molecule has 0 spiro atoms. The van der Waals surface area contributed by atoms with Crippen LogP contribution in [0.2, 0.25) is 0 Å². The lowest BCUT2D eigenvalue weighted by Crippen LogP contribution is -2.57. The van der Waals surface area contributed by atoms with Crippen LogP contribution in [0.25, 0.3) is 0 Å². The fourth-order valence-corrected chi connectivity index (χ4v) is 4.99. The Morgan fingerprint density at radius 3 is 2.07 bits per heavy atom. The summed E-state index contributed by atoms with van der Waals surface area (Å²) in [6.07, 6.45) is 6.11. The van der Waals surface area contributed by atoms with Gasteiger partial charge in [0.2, 0.25) is 35.4 Å². The monoisotopic (exact) mass is 620 g/mol. The number of carbonyl (C=O) groups excluding carboxylic acids is 6. The van der Waals surface area contributed by atoms with Crippen molar-refractivity contribution in [3.8, 4) is 0 Å². The van der Waals surface area contributed by atoms with Crippen molar-refractivity contribution in [2.45, 2.75) is 76.0 Å². The molecule has 1 aliphatic heterocycles. The van der Waals surface area contributed by atoms with E-state index in [1.54, 1.807) is 12.1 Å². The number of nitrogens with two attached hydrogens (primary N) is 1. The van der Waals surface area contributed by atoms with Crippen molar-refractivity contribution in [3.63, 3.8) is 0 Å². The van der Waals surface area contributed by atoms with E-state index < -0.39 is 59.6 Å². The minimum Gasteiger partial charge on any atom is -0.469 e. The number of rotatable bonds is 7. The zero-order chi connectivity index (χ0) is 32.3. The highest BCUT2D eigenvalue weighted by Gasteiger charge is 2.34. The largest absolute Gasteiger partial charge is 0.469 e. The lowest BCUT2D eigenvalue weighted by Gasteiger charge is -2.25. The van der Waals surface area contributed by atoms with Crippen molar-refractivity contribution in [1.82, 2.24) is 26.6 Å². The normalized spacial score (nSPS) is 24.2. The third-order valence-electron chi connectivity index (χ3n) is 7.73. The van der Waals surface area contributed by atoms with Gasteiger partial charge in [0, 0.05) is 31.5 Å². The highest BCUT2D eigenvalue weighted by atomic mass is 16.3. The van der Waals surface area contributed by atoms with E-state index in [2.05, 4.69) is 26.6 Å². The van der Waals surface area contributed by atoms with Crippen molar-refractivity contribution < 1.29 is 33.2 Å². The predicted octanol–water partition coefficient (Wildman–Crippen LogP) is 0.0640. The predicted molar refractivity (Wildman–Crippen MR) is 163 cm³/mol. The maximum absolute atomic E-state index is 13.7. The average Bonchev–Trinajstić information content (AvgIpc) is 3.67. The zero-order valence-corrected chi connectivity index (χ0v) is 25.2. The van der Waals surface area contributed by atoms with Crippen molar-refractivity contribution in [2.75, 3.05) is 6.54 Å². The first-order valence-corrected chi connectivity index (χ1v) is 15.1. The summed E-state index contributed by atoms with van der Waals surface area (Å²) in [5, 5.41) is 13.4. The van der Waals surface area contributed by atoms with E-state index in [-0.39, 0.29) is 38.1 Å². The van der Waals surface area contributed by atoms with Gasteiger partial charge in [-0.3, -0.25) is 28.8 Å². The second kappa shape index (κ2) is 15.7. The second-order valence-corrected chi connectivity index (χ2v) is 11.6. The van der Waals surface area contributed by atoms with Crippen LogP contribution in [0.4, 0.5) is 0 Å². The van der Waals surface area contributed by atoms with Crippen molar-refractivity contribution >= 4 is 35.4 Å². The standard InChI is InChI=1S/C32H40N6O7/c1-19-6-8-20(9-7-19)16-24-30(42)34-14-2-5-23(29(33)41)35-27(39)12-13-28(40)36-25(17-21-10-11-21)31(43)38-26(32(44)37-24)18-22-4-3-15-45-22/h3-4,6-9,12-13,15,21,23-26H,2,5,10-11,14,16-18H2,1H3,(H2,33,41)(H,34,42)(H,35,39)(H,36,40)(H,37,44)(H,38,43). The summed E-state index contributed by atoms with van der Waals surface area (Å²) in [7, 11) is 0. The van der Waals surface area contributed by atoms with Gasteiger partial charge in [0.15, 0.2) is 0 Å². The molecule has 1 aromatic heterocycles. The first kappa shape index (κ1) is 33.0. The molecule has 13 heteroatoms. The SMILES string of the molecule is Cc1ccc(CC2NC(=O)C(Cc3ccco3)NC(=O)C(CC3CC3)NC(=O)C=CC(=O)NC(C(N)=O)CCCNC2=O)cc1. The molecule has 4 unspecified atom stereocenters. The third kappa shape index (κ3) is 10.6. The number of hydrogen-bond acceptors (Lipinski definition) is 7. The summed E-state index contributed by atoms with van der Waals surface area (Å²) in [6.45, 7) is 2.07. The van der Waals surface area contributed by atoms with E-state index in [0.717, 1.165) is 36.1 Å². The van der Waals surface area contributed by atoms with Gasteiger partial charge in [-0.25, -0.2) is 0 Å². The van der Waals surface area contributed by atoms with Crippen LogP contribution in [0.5, 0.6) is 0 Å². The average molecular weight is 621 g/mol. The molecule has 1 aromatic carbocycles. The molecule has 4 rings (SSSR count). The highest BCUT2D eigenvalue weighted by Crippen LogP contribution is 2.33. The molecule has 13 nitrogen and oxygen atoms in total. The number of amides is 6. The Hall–Kier alpha value is -4.94. The van der Waals surface area contributed by atoms with Gasteiger partial charge < -0.3 is 36.7 Å². The molecule has 1 saturated carbocycles. The molecule has 1 aliphatic carbocycles. The Labute approximate surface area is 261 Å². The van der Waals surface area contributed by atoms with E-state index in [1.165, 1.54) is 6.26 Å². The van der Waals surface area contributed by atoms with Crippen LogP contribution >= 0.6 is 0 Å². The highest BCUT2D eigenvalue weighted by molar-refractivity contribution is 6.00. The van der Waals surface area contributed by atoms with Crippen LogP contribution in [-0.2, 0) is 41.6 Å². The molecule has 6 amide bonds. The molecule has 240 valence electrons. The molecular weight excluding hydrogens is 580 g/mol. The summed E-state index contributed by atoms with van der Waals surface area (Å²) >= 11 is 0. The van der Waals surface area contributed by atoms with E-state index in [4.69, 9.17) is 10.2 Å². The van der Waals surface area contributed by atoms with Crippen LogP contribution in [0.15, 0.2) is 59.2 Å². The fourth-order valence-electron chi connectivity index (χ4n) is 4.99. The summed E-state index contributed by atoms with van der Waals surface area (Å²) in [5.41, 5.74) is 7.30. The molecule has 1 fully saturated rings. The summed E-state index contributed by atoms with van der Waals surface area (Å²) < 4.78 is 5.45. The van der Waals surface area contributed by atoms with Gasteiger partial charge in [0.05, 0.1) is 6.26 Å². The number of carbonyl (C=O) groups is 6. The van der Waals surface area contributed by atoms with E-state index in [9.17, 15) is 28.8 Å². The Bertz CT molecular complexity index is 1400. The molecule has 2 aliphatic rings. The van der Waals surface area contributed by atoms with Gasteiger partial charge in [-0.05, 0) is 49.8 Å². The molecule has 2 aromatic rings. The minimum atomic E-state index is -1.13. The van der Waals surface area contributed by atoms with Crippen LogP contribution in [0.3, 0.4) is 0 Å². The second-order valence-electron chi connectivity index (χ2n) is 11.6. The maximum Gasteiger partial charge on any atom is 0.244 e. The van der Waals surface area contributed by atoms with Gasteiger partial charge in [-0.1, -0.05) is 42.7 Å². The quantitative estimate of drug-likeness (QED) is 0.251. The number of hydrogen-bond donors (Lipinski definition) is 6. The molecule has 0 bridgehead atoms. The zero-order valence-electron chi connectivity index (χ0n) is 25.2. The molecule has 0 saturated heterocycles. The van der Waals surface area contributed by atoms with Gasteiger partial charge in [0.1, 0.15) is 29.9 Å². The Kier molecular flexibility index (Phi) is 11.5. The van der Waals surface area contributed by atoms with E-state index in [1.807, 2.05) is 31.2 Å². The Morgan fingerprint density at radius 2 is 1.44 bits per heavy atom. The van der Waals surface area contributed by atoms with Gasteiger partial charge in [0.25, 0.3) is 0 Å². The first-order chi connectivity index (χ1) is 21.6. The molecule has 7 N–H and O–H groups in total. The molecule has 2 heterocycles. The van der Waals surface area contributed by atoms with Crippen LogP contribution in [-0.4, -0.2) is 66.2 Å². The van der Waals surface area contributed by atoms with Gasteiger partial charge in [-0.15, -0.1) is 0 Å². The van der Waals surface area contributed by atoms with Gasteiger partial charge >= 0.3 is 0 Å². The molecule has 4 atom stereocenters. The third-order valence-corrected chi connectivity index (χ3v) is 7.73. The summed E-state index contributed by atoms with van der Waals surface area (Å²) in [5.74, 6) is -3.18. The number of nitrogens with one attached hydrogen (secondary N) is 5. The lowest BCUT2D eigenvalue weighted by molar-refractivity contribution is -0.133. The van der Waals surface area contributed by atoms with Crippen LogP contribution in [0, 0.1) is 12.8 Å². The number of primary amides is 1. The van der Waals surface area contributed by atoms with E-state index >= 15 is 0 Å². The molecular formula is C32H40N6O7. The topological polar surface area (TPSA) is 202 Å². The Balaban J connectivity index is 1.62. The van der Waals surface area contributed by atoms with Gasteiger partial charge in [-0.2, -0.15) is 0 Å². The number of benzene rings is 1. The van der Waals surface area contributed by atoms with Crippen LogP contribution < -0.4 is 32.3 Å². The smallest absolute Gasteiger partial charge is 0.244 e. The number of furan rings is 1. The minimum absolute atomic E-state index is 0.00210.